The summed E-state index contributed by atoms with van der Waals surface area (Å²) in [6, 6.07) is 12.6. The zero-order valence-corrected chi connectivity index (χ0v) is 17.5. The number of nitro groups is 1. The molecule has 0 amide bonds. The number of nitrogens with one attached hydrogen (secondary N) is 1. The van der Waals surface area contributed by atoms with Gasteiger partial charge >= 0.3 is 0 Å². The van der Waals surface area contributed by atoms with E-state index in [2.05, 4.69) is 40.7 Å². The highest BCUT2D eigenvalue weighted by Crippen LogP contribution is 2.29. The number of benzene rings is 2. The van der Waals surface area contributed by atoms with E-state index in [0.717, 1.165) is 32.8 Å². The summed E-state index contributed by atoms with van der Waals surface area (Å²) in [4.78, 5) is 20.2. The number of aryl methyl sites for hydroxylation is 3. The van der Waals surface area contributed by atoms with E-state index in [9.17, 15) is 10.1 Å². The van der Waals surface area contributed by atoms with E-state index in [-0.39, 0.29) is 5.69 Å². The van der Waals surface area contributed by atoms with Crippen LogP contribution in [-0.4, -0.2) is 14.9 Å². The van der Waals surface area contributed by atoms with Gasteiger partial charge in [0.1, 0.15) is 0 Å². The molecule has 0 aliphatic heterocycles. The summed E-state index contributed by atoms with van der Waals surface area (Å²) in [5.41, 5.74) is 5.35. The lowest BCUT2D eigenvalue weighted by Gasteiger charge is -2.13. The second kappa shape index (κ2) is 9.85. The third-order valence-electron chi connectivity index (χ3n) is 3.98. The number of anilines is 1. The van der Waals surface area contributed by atoms with Gasteiger partial charge in [-0.15, -0.1) is 0 Å². The lowest BCUT2D eigenvalue weighted by Crippen LogP contribution is -2.00. The molecule has 2 aromatic carbocycles. The van der Waals surface area contributed by atoms with Gasteiger partial charge in [0.25, 0.3) is 5.69 Å². The number of rotatable bonds is 5. The summed E-state index contributed by atoms with van der Waals surface area (Å²) in [6.07, 6.45) is 1.78. The van der Waals surface area contributed by atoms with Crippen molar-refractivity contribution < 1.29 is 4.92 Å². The van der Waals surface area contributed by atoms with Crippen molar-refractivity contribution in [2.45, 2.75) is 39.5 Å². The SMILES string of the molecule is CC.Cc1cnc(NSc2cccc([N+](=O)[O-])c2)nc1-c1c(C)cccc1C. The predicted octanol–water partition coefficient (Wildman–Crippen LogP) is 6.12. The molecule has 0 radical (unpaired) electrons. The van der Waals surface area contributed by atoms with Crippen molar-refractivity contribution in [2.24, 2.45) is 0 Å². The van der Waals surface area contributed by atoms with Crippen molar-refractivity contribution in [1.82, 2.24) is 9.97 Å². The van der Waals surface area contributed by atoms with Crippen LogP contribution in [0.4, 0.5) is 11.6 Å². The molecular formula is C21H24N4O2S. The predicted molar refractivity (Wildman–Crippen MR) is 116 cm³/mol. The molecule has 0 unspecified atom stereocenters. The molecule has 0 saturated heterocycles. The minimum absolute atomic E-state index is 0.0536. The first-order valence-corrected chi connectivity index (χ1v) is 9.85. The second-order valence-electron chi connectivity index (χ2n) is 5.95. The number of aromatic nitrogens is 2. The number of hydrogen-bond acceptors (Lipinski definition) is 6. The maximum atomic E-state index is 10.9. The van der Waals surface area contributed by atoms with Crippen LogP contribution in [0.1, 0.15) is 30.5 Å². The van der Waals surface area contributed by atoms with Gasteiger partial charge < -0.3 is 0 Å². The van der Waals surface area contributed by atoms with E-state index in [1.165, 1.54) is 24.1 Å². The Hall–Kier alpha value is -2.93. The van der Waals surface area contributed by atoms with Crippen molar-refractivity contribution in [1.29, 1.82) is 0 Å². The first-order chi connectivity index (χ1) is 13.5. The van der Waals surface area contributed by atoms with Gasteiger partial charge in [-0.05, 0) is 55.5 Å². The molecule has 6 nitrogen and oxygen atoms in total. The van der Waals surface area contributed by atoms with Crippen LogP contribution in [-0.2, 0) is 0 Å². The highest BCUT2D eigenvalue weighted by atomic mass is 32.2. The number of non-ortho nitro benzene ring substituents is 1. The van der Waals surface area contributed by atoms with Gasteiger partial charge in [-0.2, -0.15) is 0 Å². The summed E-state index contributed by atoms with van der Waals surface area (Å²) >= 11 is 1.24. The quantitative estimate of drug-likeness (QED) is 0.318. The largest absolute Gasteiger partial charge is 0.294 e. The molecule has 0 aliphatic rings. The first-order valence-electron chi connectivity index (χ1n) is 9.03. The number of hydrogen-bond donors (Lipinski definition) is 1. The first kappa shape index (κ1) is 21.4. The summed E-state index contributed by atoms with van der Waals surface area (Å²) in [5, 5.41) is 10.9. The summed E-state index contributed by atoms with van der Waals surface area (Å²) in [6.45, 7) is 10.1. The Morgan fingerprint density at radius 1 is 1.00 bits per heavy atom. The Balaban J connectivity index is 0.00000136. The fraction of sp³-hybridized carbons (Fsp3) is 0.238. The van der Waals surface area contributed by atoms with Gasteiger partial charge in [0, 0.05) is 28.8 Å². The average molecular weight is 397 g/mol. The average Bonchev–Trinajstić information content (AvgIpc) is 2.70. The third-order valence-corrected chi connectivity index (χ3v) is 4.75. The van der Waals surface area contributed by atoms with Crippen LogP contribution in [0.3, 0.4) is 0 Å². The summed E-state index contributed by atoms with van der Waals surface area (Å²) in [5.74, 6) is 0.463. The Labute approximate surface area is 169 Å². The molecule has 0 atom stereocenters. The molecule has 146 valence electrons. The van der Waals surface area contributed by atoms with E-state index in [4.69, 9.17) is 0 Å². The minimum atomic E-state index is -0.411. The lowest BCUT2D eigenvalue weighted by atomic mass is 9.98. The Morgan fingerprint density at radius 3 is 2.29 bits per heavy atom. The molecule has 0 aliphatic carbocycles. The van der Waals surface area contributed by atoms with Crippen molar-refractivity contribution >= 4 is 23.6 Å². The minimum Gasteiger partial charge on any atom is -0.294 e. The highest BCUT2D eigenvalue weighted by Gasteiger charge is 2.12. The van der Waals surface area contributed by atoms with Crippen LogP contribution in [0.15, 0.2) is 53.6 Å². The smallest absolute Gasteiger partial charge is 0.270 e. The molecule has 0 bridgehead atoms. The van der Waals surface area contributed by atoms with Crippen molar-refractivity contribution in [2.75, 3.05) is 4.72 Å². The van der Waals surface area contributed by atoms with Crippen LogP contribution in [0.2, 0.25) is 0 Å². The summed E-state index contributed by atoms with van der Waals surface area (Å²) in [7, 11) is 0. The Morgan fingerprint density at radius 2 is 1.64 bits per heavy atom. The third kappa shape index (κ3) is 5.07. The standard InChI is InChI=1S/C19H18N4O2S.C2H6/c1-12-6-4-7-13(2)17(12)18-14(3)11-20-19(21-18)22-26-16-9-5-8-15(10-16)23(24)25;1-2/h4-11H,1-3H3,(H,20,21,22);1-2H3. The highest BCUT2D eigenvalue weighted by molar-refractivity contribution is 8.00. The van der Waals surface area contributed by atoms with Gasteiger partial charge in [-0.3, -0.25) is 14.8 Å². The van der Waals surface area contributed by atoms with E-state index < -0.39 is 4.92 Å². The normalized spacial score (nSPS) is 10.0. The number of nitrogens with zero attached hydrogens (tertiary/aromatic N) is 3. The van der Waals surface area contributed by atoms with Gasteiger partial charge in [-0.25, -0.2) is 9.97 Å². The Kier molecular flexibility index (Phi) is 7.52. The molecule has 3 aromatic rings. The van der Waals surface area contributed by atoms with Gasteiger partial charge in [-0.1, -0.05) is 38.1 Å². The van der Waals surface area contributed by atoms with Crippen LogP contribution >= 0.6 is 11.9 Å². The van der Waals surface area contributed by atoms with Gasteiger partial charge in [0.15, 0.2) is 0 Å². The van der Waals surface area contributed by atoms with E-state index >= 15 is 0 Å². The summed E-state index contributed by atoms with van der Waals surface area (Å²) < 4.78 is 3.08. The molecule has 0 saturated carbocycles. The molecule has 1 N–H and O–H groups in total. The van der Waals surface area contributed by atoms with Crippen molar-refractivity contribution in [3.63, 3.8) is 0 Å². The molecule has 1 aromatic heterocycles. The van der Waals surface area contributed by atoms with Crippen LogP contribution in [0.25, 0.3) is 11.3 Å². The maximum absolute atomic E-state index is 10.9. The van der Waals surface area contributed by atoms with Crippen molar-refractivity contribution in [3.8, 4) is 11.3 Å². The zero-order chi connectivity index (χ0) is 20.7. The Bertz CT molecular complexity index is 956. The monoisotopic (exact) mass is 396 g/mol. The van der Waals surface area contributed by atoms with E-state index in [1.54, 1.807) is 18.3 Å². The molecular weight excluding hydrogens is 372 g/mol. The molecule has 1 heterocycles. The molecule has 0 spiro atoms. The molecule has 0 fully saturated rings. The maximum Gasteiger partial charge on any atom is 0.270 e. The van der Waals surface area contributed by atoms with E-state index in [0.29, 0.717) is 5.95 Å². The molecule has 28 heavy (non-hydrogen) atoms. The topological polar surface area (TPSA) is 81.0 Å². The van der Waals surface area contributed by atoms with Crippen LogP contribution in [0, 0.1) is 30.9 Å². The van der Waals surface area contributed by atoms with Crippen LogP contribution < -0.4 is 4.72 Å². The molecule has 7 heteroatoms. The molecule has 3 rings (SSSR count). The second-order valence-corrected chi connectivity index (χ2v) is 6.83. The number of nitro benzene ring substituents is 1. The van der Waals surface area contributed by atoms with E-state index in [1.807, 2.05) is 26.8 Å². The zero-order valence-electron chi connectivity index (χ0n) is 16.7. The van der Waals surface area contributed by atoms with Crippen molar-refractivity contribution in [3.05, 3.63) is 75.5 Å². The van der Waals surface area contributed by atoms with Gasteiger partial charge in [0.2, 0.25) is 5.95 Å². The van der Waals surface area contributed by atoms with Gasteiger partial charge in [0.05, 0.1) is 10.6 Å². The van der Waals surface area contributed by atoms with Crippen LogP contribution in [0.5, 0.6) is 0 Å². The lowest BCUT2D eigenvalue weighted by molar-refractivity contribution is -0.385. The fourth-order valence-corrected chi connectivity index (χ4v) is 3.33. The fourth-order valence-electron chi connectivity index (χ4n) is 2.70.